The third-order valence-electron chi connectivity index (χ3n) is 3.72. The van der Waals surface area contributed by atoms with Crippen molar-refractivity contribution in [3.8, 4) is 11.5 Å². The van der Waals surface area contributed by atoms with Crippen LogP contribution in [0.2, 0.25) is 0 Å². The number of hydrogen-bond acceptors (Lipinski definition) is 2. The molecule has 0 aromatic heterocycles. The topological polar surface area (TPSA) is 40.5 Å². The second kappa shape index (κ2) is 6.47. The van der Waals surface area contributed by atoms with E-state index in [1.807, 2.05) is 40.7 Å². The highest BCUT2D eigenvalue weighted by Crippen LogP contribution is 2.20. The molecule has 0 aliphatic carbocycles. The molecular formula is C18H24O2. The lowest BCUT2D eigenvalue weighted by Gasteiger charge is -2.03. The van der Waals surface area contributed by atoms with Gasteiger partial charge in [-0.2, -0.15) is 0 Å². The van der Waals surface area contributed by atoms with E-state index in [0.29, 0.717) is 11.5 Å². The predicted octanol–water partition coefficient (Wildman–Crippen LogP) is 4.63. The molecule has 2 rings (SSSR count). The van der Waals surface area contributed by atoms with Crippen molar-refractivity contribution in [3.05, 3.63) is 57.6 Å². The first kappa shape index (κ1) is 16.1. The van der Waals surface area contributed by atoms with Gasteiger partial charge in [-0.05, 0) is 93.1 Å². The highest BCUT2D eigenvalue weighted by Gasteiger charge is 1.98. The molecule has 2 N–H and O–H groups in total. The molecule has 0 atom stereocenters. The van der Waals surface area contributed by atoms with Crippen LogP contribution in [0.1, 0.15) is 33.4 Å². The number of aryl methyl sites for hydroxylation is 5. The van der Waals surface area contributed by atoms with Gasteiger partial charge in [-0.1, -0.05) is 6.07 Å². The van der Waals surface area contributed by atoms with E-state index in [0.717, 1.165) is 22.3 Å². The van der Waals surface area contributed by atoms with Crippen LogP contribution in [0.15, 0.2) is 24.3 Å². The van der Waals surface area contributed by atoms with Gasteiger partial charge in [0, 0.05) is 0 Å². The second-order valence-electron chi connectivity index (χ2n) is 5.43. The summed E-state index contributed by atoms with van der Waals surface area (Å²) in [5, 5.41) is 18.3. The third-order valence-corrected chi connectivity index (χ3v) is 3.72. The molecule has 108 valence electrons. The van der Waals surface area contributed by atoms with Gasteiger partial charge in [0.2, 0.25) is 0 Å². The maximum atomic E-state index is 9.22. The Bertz CT molecular complexity index is 540. The number of aromatic hydroxyl groups is 2. The molecule has 0 aliphatic rings. The van der Waals surface area contributed by atoms with Gasteiger partial charge < -0.3 is 10.2 Å². The maximum absolute atomic E-state index is 9.22. The molecule has 2 aromatic carbocycles. The van der Waals surface area contributed by atoms with Crippen LogP contribution in [-0.2, 0) is 0 Å². The normalized spacial score (nSPS) is 9.90. The number of rotatable bonds is 0. The van der Waals surface area contributed by atoms with Crippen molar-refractivity contribution < 1.29 is 10.2 Å². The molecule has 0 bridgehead atoms. The molecule has 0 heterocycles. The van der Waals surface area contributed by atoms with Crippen LogP contribution in [0.25, 0.3) is 0 Å². The zero-order valence-electron chi connectivity index (χ0n) is 13.2. The summed E-state index contributed by atoms with van der Waals surface area (Å²) >= 11 is 0. The summed E-state index contributed by atoms with van der Waals surface area (Å²) in [6, 6.07) is 7.35. The summed E-state index contributed by atoms with van der Waals surface area (Å²) < 4.78 is 0. The summed E-state index contributed by atoms with van der Waals surface area (Å²) in [4.78, 5) is 0. The number of phenolic OH excluding ortho intramolecular Hbond substituents is 2. The van der Waals surface area contributed by atoms with Crippen LogP contribution in [0, 0.1) is 41.5 Å². The average molecular weight is 272 g/mol. The number of phenols is 2. The minimum atomic E-state index is 0.362. The van der Waals surface area contributed by atoms with E-state index in [9.17, 15) is 5.11 Å². The lowest BCUT2D eigenvalue weighted by atomic mass is 10.0. The smallest absolute Gasteiger partial charge is 0.118 e. The van der Waals surface area contributed by atoms with Crippen molar-refractivity contribution in [1.82, 2.24) is 0 Å². The molecule has 0 spiro atoms. The molecule has 0 fully saturated rings. The quantitative estimate of drug-likeness (QED) is 0.733. The van der Waals surface area contributed by atoms with Crippen molar-refractivity contribution in [1.29, 1.82) is 0 Å². The van der Waals surface area contributed by atoms with Crippen LogP contribution in [0.3, 0.4) is 0 Å². The van der Waals surface area contributed by atoms with Gasteiger partial charge in [-0.3, -0.25) is 0 Å². The monoisotopic (exact) mass is 272 g/mol. The van der Waals surface area contributed by atoms with E-state index in [2.05, 4.69) is 6.92 Å². The standard InChI is InChI=1S/2C9H12O/c1-6-4-9(10)5-7(2)8(6)3;1-6-4-8(3)9(10)5-7(6)2/h2*4-5,10H,1-3H3. The molecule has 2 aromatic rings. The van der Waals surface area contributed by atoms with E-state index in [1.165, 1.54) is 11.1 Å². The zero-order valence-corrected chi connectivity index (χ0v) is 13.2. The first-order valence-corrected chi connectivity index (χ1v) is 6.76. The van der Waals surface area contributed by atoms with Crippen molar-refractivity contribution in [2.24, 2.45) is 0 Å². The number of benzene rings is 2. The van der Waals surface area contributed by atoms with Gasteiger partial charge in [0.05, 0.1) is 0 Å². The van der Waals surface area contributed by atoms with Crippen LogP contribution in [-0.4, -0.2) is 10.2 Å². The molecule has 0 saturated heterocycles. The Kier molecular flexibility index (Phi) is 5.20. The number of hydrogen-bond donors (Lipinski definition) is 2. The molecule has 0 aliphatic heterocycles. The van der Waals surface area contributed by atoms with Crippen molar-refractivity contribution >= 4 is 0 Å². The summed E-state index contributed by atoms with van der Waals surface area (Å²) in [7, 11) is 0. The molecule has 2 heteroatoms. The maximum Gasteiger partial charge on any atom is 0.118 e. The average Bonchev–Trinajstić information content (AvgIpc) is 2.34. The Labute approximate surface area is 121 Å². The SMILES string of the molecule is Cc1cc(C)c(O)cc1C.Cc1cc(O)cc(C)c1C. The Hall–Kier alpha value is -1.96. The summed E-state index contributed by atoms with van der Waals surface area (Å²) in [6.45, 7) is 12.0. The highest BCUT2D eigenvalue weighted by atomic mass is 16.3. The Morgan fingerprint density at radius 2 is 1.00 bits per heavy atom. The Morgan fingerprint density at radius 1 is 0.550 bits per heavy atom. The van der Waals surface area contributed by atoms with Crippen molar-refractivity contribution in [2.45, 2.75) is 41.5 Å². The zero-order chi connectivity index (χ0) is 15.4. The molecule has 0 saturated carbocycles. The van der Waals surface area contributed by atoms with Crippen molar-refractivity contribution in [2.75, 3.05) is 0 Å². The molecule has 20 heavy (non-hydrogen) atoms. The highest BCUT2D eigenvalue weighted by molar-refractivity contribution is 5.40. The van der Waals surface area contributed by atoms with Crippen molar-refractivity contribution in [3.63, 3.8) is 0 Å². The van der Waals surface area contributed by atoms with Gasteiger partial charge in [0.15, 0.2) is 0 Å². The first-order chi connectivity index (χ1) is 9.22. The minimum absolute atomic E-state index is 0.362. The largest absolute Gasteiger partial charge is 0.508 e. The second-order valence-corrected chi connectivity index (χ2v) is 5.43. The molecule has 2 nitrogen and oxygen atoms in total. The van der Waals surface area contributed by atoms with E-state index in [1.54, 1.807) is 18.2 Å². The van der Waals surface area contributed by atoms with E-state index in [4.69, 9.17) is 5.11 Å². The molecule has 0 unspecified atom stereocenters. The van der Waals surface area contributed by atoms with E-state index >= 15 is 0 Å². The molecular weight excluding hydrogens is 248 g/mol. The van der Waals surface area contributed by atoms with Gasteiger partial charge in [-0.25, -0.2) is 0 Å². The van der Waals surface area contributed by atoms with Gasteiger partial charge in [0.1, 0.15) is 11.5 Å². The summed E-state index contributed by atoms with van der Waals surface area (Å²) in [5.74, 6) is 0.753. The first-order valence-electron chi connectivity index (χ1n) is 6.76. The minimum Gasteiger partial charge on any atom is -0.508 e. The van der Waals surface area contributed by atoms with Gasteiger partial charge in [-0.15, -0.1) is 0 Å². The van der Waals surface area contributed by atoms with E-state index < -0.39 is 0 Å². The lowest BCUT2D eigenvalue weighted by Crippen LogP contribution is -1.84. The predicted molar refractivity (Wildman–Crippen MR) is 84.6 cm³/mol. The fourth-order valence-corrected chi connectivity index (χ4v) is 1.96. The Morgan fingerprint density at radius 3 is 1.45 bits per heavy atom. The molecule has 0 amide bonds. The van der Waals surface area contributed by atoms with Crippen LogP contribution in [0.5, 0.6) is 11.5 Å². The van der Waals surface area contributed by atoms with Crippen LogP contribution < -0.4 is 0 Å². The van der Waals surface area contributed by atoms with E-state index in [-0.39, 0.29) is 0 Å². The molecule has 0 radical (unpaired) electrons. The third kappa shape index (κ3) is 4.02. The van der Waals surface area contributed by atoms with Gasteiger partial charge in [0.25, 0.3) is 0 Å². The fourth-order valence-electron chi connectivity index (χ4n) is 1.96. The Balaban J connectivity index is 0.000000200. The summed E-state index contributed by atoms with van der Waals surface area (Å²) in [6.07, 6.45) is 0. The van der Waals surface area contributed by atoms with Crippen LogP contribution in [0.4, 0.5) is 0 Å². The van der Waals surface area contributed by atoms with Crippen LogP contribution >= 0.6 is 0 Å². The lowest BCUT2D eigenvalue weighted by molar-refractivity contribution is 0.470. The van der Waals surface area contributed by atoms with Gasteiger partial charge >= 0.3 is 0 Å². The fraction of sp³-hybridized carbons (Fsp3) is 0.333. The summed E-state index contributed by atoms with van der Waals surface area (Å²) in [5.41, 5.74) is 6.88.